The van der Waals surface area contributed by atoms with Crippen molar-refractivity contribution in [3.8, 4) is 0 Å². The number of rotatable bonds is 2. The first kappa shape index (κ1) is 6.99. The van der Waals surface area contributed by atoms with Gasteiger partial charge < -0.3 is 4.98 Å². The Labute approximate surface area is 59.1 Å². The summed E-state index contributed by atoms with van der Waals surface area (Å²) in [4.78, 5) is 16.8. The zero-order valence-corrected chi connectivity index (χ0v) is 5.92. The van der Waals surface area contributed by atoms with E-state index < -0.39 is 0 Å². The van der Waals surface area contributed by atoms with E-state index in [9.17, 15) is 4.79 Å². The maximum absolute atomic E-state index is 10.6. The topological polar surface area (TPSA) is 45.8 Å². The highest BCUT2D eigenvalue weighted by atomic mass is 16.1. The molecule has 0 aliphatic rings. The van der Waals surface area contributed by atoms with Crippen molar-refractivity contribution < 1.29 is 0 Å². The predicted molar refractivity (Wildman–Crippen MR) is 38.9 cm³/mol. The van der Waals surface area contributed by atoms with Gasteiger partial charge in [-0.2, -0.15) is 0 Å². The number of H-pyrrole nitrogens is 1. The van der Waals surface area contributed by atoms with Gasteiger partial charge in [0.15, 0.2) is 0 Å². The fraction of sp³-hybridized carbons (Fsp3) is 0.429. The highest BCUT2D eigenvalue weighted by Crippen LogP contribution is 1.92. The first-order chi connectivity index (χ1) is 4.83. The van der Waals surface area contributed by atoms with Gasteiger partial charge in [-0.05, 0) is 12.5 Å². The van der Waals surface area contributed by atoms with E-state index in [4.69, 9.17) is 0 Å². The Morgan fingerprint density at radius 3 is 3.10 bits per heavy atom. The Bertz CT molecular complexity index is 254. The summed E-state index contributed by atoms with van der Waals surface area (Å²) in [5.74, 6) is 0. The van der Waals surface area contributed by atoms with E-state index in [0.29, 0.717) is 0 Å². The van der Waals surface area contributed by atoms with Crippen molar-refractivity contribution in [1.29, 1.82) is 0 Å². The molecule has 54 valence electrons. The van der Waals surface area contributed by atoms with Gasteiger partial charge in [0.1, 0.15) is 0 Å². The van der Waals surface area contributed by atoms with Crippen molar-refractivity contribution in [3.05, 3.63) is 28.4 Å². The fourth-order valence-electron chi connectivity index (χ4n) is 0.821. The van der Waals surface area contributed by atoms with Gasteiger partial charge in [0, 0.05) is 11.9 Å². The molecule has 3 nitrogen and oxygen atoms in total. The van der Waals surface area contributed by atoms with Crippen molar-refractivity contribution in [3.63, 3.8) is 0 Å². The van der Waals surface area contributed by atoms with E-state index in [1.54, 1.807) is 0 Å². The first-order valence-electron chi connectivity index (χ1n) is 3.37. The molecule has 1 aromatic rings. The molecule has 0 saturated heterocycles. The molecule has 10 heavy (non-hydrogen) atoms. The lowest BCUT2D eigenvalue weighted by Gasteiger charge is -1.93. The molecular formula is C7H10N2O. The molecule has 0 aliphatic heterocycles. The van der Waals surface area contributed by atoms with Gasteiger partial charge in [-0.3, -0.25) is 0 Å². The van der Waals surface area contributed by atoms with Gasteiger partial charge >= 0.3 is 5.69 Å². The Morgan fingerprint density at radius 2 is 2.50 bits per heavy atom. The molecule has 1 N–H and O–H groups in total. The lowest BCUT2D eigenvalue weighted by atomic mass is 10.2. The third-order valence-electron chi connectivity index (χ3n) is 1.25. The number of aromatic amines is 1. The molecular weight excluding hydrogens is 128 g/mol. The highest BCUT2D eigenvalue weighted by molar-refractivity contribution is 4.97. The highest BCUT2D eigenvalue weighted by Gasteiger charge is 1.89. The summed E-state index contributed by atoms with van der Waals surface area (Å²) in [6, 6.07) is 1.82. The molecule has 1 heterocycles. The average Bonchev–Trinajstić information content (AvgIpc) is 1.88. The van der Waals surface area contributed by atoms with Crippen LogP contribution in [0.4, 0.5) is 0 Å². The number of aromatic nitrogens is 2. The number of hydrogen-bond donors (Lipinski definition) is 1. The summed E-state index contributed by atoms with van der Waals surface area (Å²) in [6.45, 7) is 2.07. The van der Waals surface area contributed by atoms with Gasteiger partial charge in [0.05, 0.1) is 0 Å². The van der Waals surface area contributed by atoms with Gasteiger partial charge in [-0.25, -0.2) is 9.78 Å². The standard InChI is InChI=1S/C7H10N2O/c1-2-3-6-4-5-8-7(10)9-6/h4-5H,2-3H2,1H3,(H,8,9,10). The molecule has 0 aliphatic carbocycles. The maximum atomic E-state index is 10.6. The van der Waals surface area contributed by atoms with Crippen LogP contribution >= 0.6 is 0 Å². The fourth-order valence-corrected chi connectivity index (χ4v) is 0.821. The molecule has 0 fully saturated rings. The van der Waals surface area contributed by atoms with Crippen LogP contribution in [0.3, 0.4) is 0 Å². The number of nitrogens with one attached hydrogen (secondary N) is 1. The van der Waals surface area contributed by atoms with E-state index >= 15 is 0 Å². The molecule has 0 atom stereocenters. The summed E-state index contributed by atoms with van der Waals surface area (Å²) in [5.41, 5.74) is 0.702. The molecule has 1 aromatic heterocycles. The van der Waals surface area contributed by atoms with Crippen LogP contribution in [0.5, 0.6) is 0 Å². The van der Waals surface area contributed by atoms with E-state index in [0.717, 1.165) is 18.5 Å². The first-order valence-corrected chi connectivity index (χ1v) is 3.37. The minimum Gasteiger partial charge on any atom is -0.310 e. The number of nitrogens with zero attached hydrogens (tertiary/aromatic N) is 1. The largest absolute Gasteiger partial charge is 0.345 e. The second kappa shape index (κ2) is 3.15. The van der Waals surface area contributed by atoms with Crippen LogP contribution in [-0.2, 0) is 6.42 Å². The zero-order chi connectivity index (χ0) is 7.40. The molecule has 0 amide bonds. The monoisotopic (exact) mass is 138 g/mol. The van der Waals surface area contributed by atoms with Crippen molar-refractivity contribution in [2.45, 2.75) is 19.8 Å². The van der Waals surface area contributed by atoms with Gasteiger partial charge in [0.25, 0.3) is 0 Å². The minimum atomic E-state index is -0.258. The summed E-state index contributed by atoms with van der Waals surface area (Å²) in [6.07, 6.45) is 3.49. The van der Waals surface area contributed by atoms with Crippen molar-refractivity contribution >= 4 is 0 Å². The van der Waals surface area contributed by atoms with Crippen LogP contribution in [0.25, 0.3) is 0 Å². The zero-order valence-electron chi connectivity index (χ0n) is 5.92. The molecule has 0 saturated carbocycles. The predicted octanol–water partition coefficient (Wildman–Crippen LogP) is 0.722. The van der Waals surface area contributed by atoms with Crippen molar-refractivity contribution in [2.24, 2.45) is 0 Å². The molecule has 1 rings (SSSR count). The van der Waals surface area contributed by atoms with Crippen LogP contribution in [0.2, 0.25) is 0 Å². The smallest absolute Gasteiger partial charge is 0.310 e. The van der Waals surface area contributed by atoms with Crippen LogP contribution in [-0.4, -0.2) is 9.97 Å². The van der Waals surface area contributed by atoms with Crippen molar-refractivity contribution in [1.82, 2.24) is 9.97 Å². The second-order valence-corrected chi connectivity index (χ2v) is 2.15. The van der Waals surface area contributed by atoms with E-state index in [-0.39, 0.29) is 5.69 Å². The SMILES string of the molecule is CCCc1ccnc(=O)[nH]1. The number of hydrogen-bond acceptors (Lipinski definition) is 2. The normalized spacial score (nSPS) is 9.70. The molecule has 0 aromatic carbocycles. The Kier molecular flexibility index (Phi) is 2.20. The van der Waals surface area contributed by atoms with E-state index in [1.165, 1.54) is 6.20 Å². The molecule has 0 unspecified atom stereocenters. The summed E-state index contributed by atoms with van der Waals surface area (Å²) in [7, 11) is 0. The Hall–Kier alpha value is -1.12. The van der Waals surface area contributed by atoms with Gasteiger partial charge in [0.2, 0.25) is 0 Å². The van der Waals surface area contributed by atoms with E-state index in [1.807, 2.05) is 6.07 Å². The maximum Gasteiger partial charge on any atom is 0.345 e. The summed E-state index contributed by atoms with van der Waals surface area (Å²) >= 11 is 0. The van der Waals surface area contributed by atoms with Crippen LogP contribution in [0.15, 0.2) is 17.1 Å². The molecule has 0 bridgehead atoms. The van der Waals surface area contributed by atoms with Gasteiger partial charge in [-0.1, -0.05) is 13.3 Å². The van der Waals surface area contributed by atoms with Crippen molar-refractivity contribution in [2.75, 3.05) is 0 Å². The second-order valence-electron chi connectivity index (χ2n) is 2.15. The molecule has 0 spiro atoms. The van der Waals surface area contributed by atoms with Gasteiger partial charge in [-0.15, -0.1) is 0 Å². The summed E-state index contributed by atoms with van der Waals surface area (Å²) < 4.78 is 0. The molecule has 0 radical (unpaired) electrons. The quantitative estimate of drug-likeness (QED) is 0.654. The van der Waals surface area contributed by atoms with Crippen LogP contribution in [0.1, 0.15) is 19.0 Å². The number of aryl methyl sites for hydroxylation is 1. The Morgan fingerprint density at radius 1 is 1.70 bits per heavy atom. The average molecular weight is 138 g/mol. The van der Waals surface area contributed by atoms with Crippen LogP contribution < -0.4 is 5.69 Å². The van der Waals surface area contributed by atoms with E-state index in [2.05, 4.69) is 16.9 Å². The lowest BCUT2D eigenvalue weighted by Crippen LogP contribution is -2.10. The third kappa shape index (κ3) is 1.69. The Balaban J connectivity index is 2.85. The summed E-state index contributed by atoms with van der Waals surface area (Å²) in [5, 5.41) is 0. The minimum absolute atomic E-state index is 0.258. The molecule has 3 heteroatoms. The van der Waals surface area contributed by atoms with Crippen LogP contribution in [0, 0.1) is 0 Å². The lowest BCUT2D eigenvalue weighted by molar-refractivity contribution is 0.858. The third-order valence-corrected chi connectivity index (χ3v) is 1.25.